The number of likely N-dealkylation sites (N-methyl/N-ethyl adjacent to an activating group) is 1. The second-order valence-corrected chi connectivity index (χ2v) is 5.57. The van der Waals surface area contributed by atoms with Gasteiger partial charge < -0.3 is 15.0 Å². The molecule has 1 aliphatic heterocycles. The highest BCUT2D eigenvalue weighted by molar-refractivity contribution is 14.1. The summed E-state index contributed by atoms with van der Waals surface area (Å²) in [5.41, 5.74) is 2.49. The average Bonchev–Trinajstić information content (AvgIpc) is 2.90. The molecular weight excluding hydrogens is 339 g/mol. The third-order valence-corrected chi connectivity index (χ3v) is 4.33. The van der Waals surface area contributed by atoms with Crippen LogP contribution in [0.5, 0.6) is 5.75 Å². The number of nitrogens with one attached hydrogen (secondary N) is 1. The zero-order chi connectivity index (χ0) is 13.0. The predicted molar refractivity (Wildman–Crippen MR) is 85.0 cm³/mol. The molecule has 1 aliphatic rings. The first-order chi connectivity index (χ1) is 8.74. The van der Waals surface area contributed by atoms with Crippen molar-refractivity contribution in [1.29, 1.82) is 0 Å². The van der Waals surface area contributed by atoms with Crippen LogP contribution in [0.1, 0.15) is 18.4 Å². The SMILES string of the molecule is COc1cc(N(C)C[C@@H]2CCCN2)ccc1CI. The third-order valence-electron chi connectivity index (χ3n) is 3.51. The molecule has 1 aromatic carbocycles. The molecule has 0 bridgehead atoms. The van der Waals surface area contributed by atoms with E-state index >= 15 is 0 Å². The molecule has 1 atom stereocenters. The van der Waals surface area contributed by atoms with E-state index in [0.717, 1.165) is 23.3 Å². The van der Waals surface area contributed by atoms with Gasteiger partial charge in [-0.2, -0.15) is 0 Å². The molecule has 1 aromatic rings. The number of hydrogen-bond donors (Lipinski definition) is 1. The summed E-state index contributed by atoms with van der Waals surface area (Å²) in [6.45, 7) is 2.22. The van der Waals surface area contributed by atoms with Gasteiger partial charge in [0, 0.05) is 41.4 Å². The van der Waals surface area contributed by atoms with E-state index in [1.54, 1.807) is 7.11 Å². The molecule has 2 rings (SSSR count). The molecule has 1 saturated heterocycles. The molecule has 1 N–H and O–H groups in total. The van der Waals surface area contributed by atoms with Crippen molar-refractivity contribution in [2.75, 3.05) is 32.1 Å². The molecule has 0 spiro atoms. The molecule has 0 saturated carbocycles. The maximum atomic E-state index is 5.45. The van der Waals surface area contributed by atoms with Gasteiger partial charge in [0.15, 0.2) is 0 Å². The summed E-state index contributed by atoms with van der Waals surface area (Å²) >= 11 is 2.37. The molecule has 0 radical (unpaired) electrons. The van der Waals surface area contributed by atoms with Crippen LogP contribution in [-0.4, -0.2) is 33.3 Å². The molecule has 0 aliphatic carbocycles. The Kier molecular flexibility index (Phi) is 5.12. The van der Waals surface area contributed by atoms with Crippen molar-refractivity contribution in [3.63, 3.8) is 0 Å². The Bertz CT molecular complexity index is 391. The highest BCUT2D eigenvalue weighted by Gasteiger charge is 2.16. The number of methoxy groups -OCH3 is 1. The smallest absolute Gasteiger partial charge is 0.124 e. The Balaban J connectivity index is 2.06. The van der Waals surface area contributed by atoms with Gasteiger partial charge in [0.1, 0.15) is 5.75 Å². The normalized spacial score (nSPS) is 18.9. The monoisotopic (exact) mass is 360 g/mol. The lowest BCUT2D eigenvalue weighted by Gasteiger charge is -2.24. The van der Waals surface area contributed by atoms with Crippen LogP contribution in [0.4, 0.5) is 5.69 Å². The van der Waals surface area contributed by atoms with Crippen LogP contribution in [-0.2, 0) is 4.43 Å². The van der Waals surface area contributed by atoms with E-state index in [2.05, 4.69) is 58.1 Å². The van der Waals surface area contributed by atoms with Gasteiger partial charge in [-0.05, 0) is 25.5 Å². The number of ether oxygens (including phenoxy) is 1. The van der Waals surface area contributed by atoms with E-state index in [1.165, 1.54) is 24.1 Å². The molecule has 1 heterocycles. The highest BCUT2D eigenvalue weighted by Crippen LogP contribution is 2.27. The molecule has 0 amide bonds. The van der Waals surface area contributed by atoms with Crippen molar-refractivity contribution < 1.29 is 4.74 Å². The summed E-state index contributed by atoms with van der Waals surface area (Å²) in [7, 11) is 3.89. The Morgan fingerprint density at radius 2 is 2.33 bits per heavy atom. The zero-order valence-corrected chi connectivity index (χ0v) is 13.2. The van der Waals surface area contributed by atoms with Crippen LogP contribution in [0.25, 0.3) is 0 Å². The quantitative estimate of drug-likeness (QED) is 0.646. The summed E-state index contributed by atoms with van der Waals surface area (Å²) in [5.74, 6) is 0.994. The number of alkyl halides is 1. The van der Waals surface area contributed by atoms with Crippen LogP contribution in [0.2, 0.25) is 0 Å². The van der Waals surface area contributed by atoms with Gasteiger partial charge in [0.2, 0.25) is 0 Å². The topological polar surface area (TPSA) is 24.5 Å². The first kappa shape index (κ1) is 13.9. The minimum Gasteiger partial charge on any atom is -0.496 e. The minimum atomic E-state index is 0.630. The van der Waals surface area contributed by atoms with E-state index in [-0.39, 0.29) is 0 Å². The van der Waals surface area contributed by atoms with Crippen LogP contribution in [0.3, 0.4) is 0 Å². The fraction of sp³-hybridized carbons (Fsp3) is 0.571. The summed E-state index contributed by atoms with van der Waals surface area (Å²) < 4.78 is 6.43. The van der Waals surface area contributed by atoms with Gasteiger partial charge in [-0.15, -0.1) is 0 Å². The second kappa shape index (κ2) is 6.61. The van der Waals surface area contributed by atoms with Gasteiger partial charge in [0.05, 0.1) is 7.11 Å². The fourth-order valence-corrected chi connectivity index (χ4v) is 3.06. The van der Waals surface area contributed by atoms with Crippen LogP contribution >= 0.6 is 22.6 Å². The van der Waals surface area contributed by atoms with E-state index in [1.807, 2.05) is 0 Å². The second-order valence-electron chi connectivity index (χ2n) is 4.80. The van der Waals surface area contributed by atoms with E-state index < -0.39 is 0 Å². The Morgan fingerprint density at radius 3 is 2.94 bits per heavy atom. The highest BCUT2D eigenvalue weighted by atomic mass is 127. The number of benzene rings is 1. The maximum absolute atomic E-state index is 5.45. The molecule has 100 valence electrons. The Morgan fingerprint density at radius 1 is 1.50 bits per heavy atom. The first-order valence-corrected chi connectivity index (χ1v) is 7.94. The minimum absolute atomic E-state index is 0.630. The summed E-state index contributed by atoms with van der Waals surface area (Å²) in [5, 5.41) is 3.53. The number of rotatable bonds is 5. The molecule has 0 aromatic heterocycles. The number of anilines is 1. The first-order valence-electron chi connectivity index (χ1n) is 6.42. The van der Waals surface area contributed by atoms with Crippen LogP contribution < -0.4 is 15.0 Å². The van der Waals surface area contributed by atoms with Crippen LogP contribution in [0, 0.1) is 0 Å². The molecule has 0 unspecified atom stereocenters. The lowest BCUT2D eigenvalue weighted by molar-refractivity contribution is 0.411. The molecular formula is C14H21IN2O. The van der Waals surface area contributed by atoms with Gasteiger partial charge in [-0.1, -0.05) is 28.7 Å². The predicted octanol–water partition coefficient (Wildman–Crippen LogP) is 2.82. The summed E-state index contributed by atoms with van der Waals surface area (Å²) in [6, 6.07) is 7.12. The Labute approximate surface area is 123 Å². The van der Waals surface area contributed by atoms with Crippen molar-refractivity contribution in [2.24, 2.45) is 0 Å². The molecule has 3 nitrogen and oxygen atoms in total. The summed E-state index contributed by atoms with van der Waals surface area (Å²) in [4.78, 5) is 2.31. The fourth-order valence-electron chi connectivity index (χ4n) is 2.43. The van der Waals surface area contributed by atoms with Crippen molar-refractivity contribution in [3.05, 3.63) is 23.8 Å². The van der Waals surface area contributed by atoms with Gasteiger partial charge >= 0.3 is 0 Å². The lowest BCUT2D eigenvalue weighted by atomic mass is 10.1. The summed E-state index contributed by atoms with van der Waals surface area (Å²) in [6.07, 6.45) is 2.59. The standard InChI is InChI=1S/C14H21IN2O/c1-17(10-12-4-3-7-16-12)13-6-5-11(9-15)14(8-13)18-2/h5-6,8,12,16H,3-4,7,9-10H2,1-2H3/t12-/m0/s1. The van der Waals surface area contributed by atoms with E-state index in [0.29, 0.717) is 6.04 Å². The zero-order valence-electron chi connectivity index (χ0n) is 11.1. The third kappa shape index (κ3) is 3.29. The van der Waals surface area contributed by atoms with Crippen molar-refractivity contribution >= 4 is 28.3 Å². The number of nitrogens with zero attached hydrogens (tertiary/aromatic N) is 1. The van der Waals surface area contributed by atoms with E-state index in [4.69, 9.17) is 4.74 Å². The van der Waals surface area contributed by atoms with Gasteiger partial charge in [0.25, 0.3) is 0 Å². The van der Waals surface area contributed by atoms with Crippen LogP contribution in [0.15, 0.2) is 18.2 Å². The lowest BCUT2D eigenvalue weighted by Crippen LogP contribution is -2.35. The maximum Gasteiger partial charge on any atom is 0.124 e. The Hall–Kier alpha value is -0.490. The molecule has 1 fully saturated rings. The molecule has 4 heteroatoms. The molecule has 18 heavy (non-hydrogen) atoms. The van der Waals surface area contributed by atoms with Crippen molar-refractivity contribution in [3.8, 4) is 5.75 Å². The largest absolute Gasteiger partial charge is 0.496 e. The van der Waals surface area contributed by atoms with Crippen molar-refractivity contribution in [1.82, 2.24) is 5.32 Å². The van der Waals surface area contributed by atoms with Gasteiger partial charge in [-0.25, -0.2) is 0 Å². The van der Waals surface area contributed by atoms with E-state index in [9.17, 15) is 0 Å². The van der Waals surface area contributed by atoms with Crippen molar-refractivity contribution in [2.45, 2.75) is 23.3 Å². The number of halogens is 1. The number of hydrogen-bond acceptors (Lipinski definition) is 3. The average molecular weight is 360 g/mol. The van der Waals surface area contributed by atoms with Gasteiger partial charge in [-0.3, -0.25) is 0 Å².